The van der Waals surface area contributed by atoms with Crippen molar-refractivity contribution in [2.75, 3.05) is 36.9 Å². The van der Waals surface area contributed by atoms with E-state index in [4.69, 9.17) is 15.5 Å². The van der Waals surface area contributed by atoms with E-state index >= 15 is 0 Å². The van der Waals surface area contributed by atoms with Crippen LogP contribution in [0, 0.1) is 0 Å². The molecule has 7 nitrogen and oxygen atoms in total. The molecule has 1 aliphatic carbocycles. The SMILES string of the molecule is Cl.Nc1nc(C2Cc3ccccc3C2)nc2[nH]nc(N3CCOCC3)c12. The number of aromatic amines is 1. The van der Waals surface area contributed by atoms with Gasteiger partial charge < -0.3 is 15.4 Å². The second-order valence-corrected chi connectivity index (χ2v) is 6.71. The summed E-state index contributed by atoms with van der Waals surface area (Å²) in [6, 6.07) is 8.54. The van der Waals surface area contributed by atoms with E-state index in [1.807, 2.05) is 0 Å². The van der Waals surface area contributed by atoms with Crippen molar-refractivity contribution >= 4 is 35.1 Å². The molecule has 1 aromatic carbocycles. The molecule has 8 heteroatoms. The van der Waals surface area contributed by atoms with Crippen molar-refractivity contribution in [1.29, 1.82) is 0 Å². The van der Waals surface area contributed by atoms with Gasteiger partial charge in [-0.05, 0) is 24.0 Å². The summed E-state index contributed by atoms with van der Waals surface area (Å²) in [4.78, 5) is 11.6. The summed E-state index contributed by atoms with van der Waals surface area (Å²) in [6.07, 6.45) is 1.93. The normalized spacial score (nSPS) is 17.3. The van der Waals surface area contributed by atoms with Crippen molar-refractivity contribution in [2.24, 2.45) is 0 Å². The van der Waals surface area contributed by atoms with E-state index < -0.39 is 0 Å². The molecule has 1 aliphatic heterocycles. The highest BCUT2D eigenvalue weighted by Crippen LogP contribution is 2.35. The van der Waals surface area contributed by atoms with Crippen LogP contribution >= 0.6 is 12.4 Å². The van der Waals surface area contributed by atoms with Gasteiger partial charge in [0.2, 0.25) is 0 Å². The Morgan fingerprint density at radius 1 is 1.08 bits per heavy atom. The molecule has 0 atom stereocenters. The summed E-state index contributed by atoms with van der Waals surface area (Å²) in [5, 5.41) is 8.32. The Morgan fingerprint density at radius 2 is 1.77 bits per heavy atom. The van der Waals surface area contributed by atoms with Crippen LogP contribution in [0.5, 0.6) is 0 Å². The van der Waals surface area contributed by atoms with Crippen molar-refractivity contribution in [2.45, 2.75) is 18.8 Å². The maximum Gasteiger partial charge on any atom is 0.163 e. The van der Waals surface area contributed by atoms with Crippen molar-refractivity contribution in [1.82, 2.24) is 20.2 Å². The molecule has 1 saturated heterocycles. The molecule has 0 amide bonds. The fraction of sp³-hybridized carbons (Fsp3) is 0.389. The minimum absolute atomic E-state index is 0. The molecule has 0 bridgehead atoms. The molecule has 0 unspecified atom stereocenters. The van der Waals surface area contributed by atoms with Crippen molar-refractivity contribution in [3.63, 3.8) is 0 Å². The van der Waals surface area contributed by atoms with E-state index in [-0.39, 0.29) is 18.3 Å². The lowest BCUT2D eigenvalue weighted by Crippen LogP contribution is -2.36. The number of hydrogen-bond donors (Lipinski definition) is 2. The van der Waals surface area contributed by atoms with Gasteiger partial charge in [0, 0.05) is 19.0 Å². The molecule has 136 valence electrons. The number of benzene rings is 1. The number of aromatic nitrogens is 4. The summed E-state index contributed by atoms with van der Waals surface area (Å²) in [7, 11) is 0. The van der Waals surface area contributed by atoms with Gasteiger partial charge in [-0.2, -0.15) is 5.10 Å². The number of rotatable bonds is 2. The van der Waals surface area contributed by atoms with Crippen LogP contribution in [-0.2, 0) is 17.6 Å². The first kappa shape index (κ1) is 17.1. The minimum atomic E-state index is 0. The van der Waals surface area contributed by atoms with Gasteiger partial charge in [0.05, 0.1) is 13.2 Å². The molecule has 5 rings (SSSR count). The lowest BCUT2D eigenvalue weighted by Gasteiger charge is -2.26. The smallest absolute Gasteiger partial charge is 0.163 e. The molecule has 2 aromatic heterocycles. The van der Waals surface area contributed by atoms with Gasteiger partial charge in [0.15, 0.2) is 11.5 Å². The predicted octanol–water partition coefficient (Wildman–Crippen LogP) is 2.08. The number of morpholine rings is 1. The van der Waals surface area contributed by atoms with Crippen LogP contribution in [0.15, 0.2) is 24.3 Å². The molecule has 0 radical (unpaired) electrons. The van der Waals surface area contributed by atoms with E-state index in [1.165, 1.54) is 11.1 Å². The van der Waals surface area contributed by atoms with Crippen molar-refractivity contribution < 1.29 is 4.74 Å². The number of H-pyrrole nitrogens is 1. The first-order valence-electron chi connectivity index (χ1n) is 8.70. The number of halogens is 1. The first-order chi connectivity index (χ1) is 12.3. The van der Waals surface area contributed by atoms with E-state index in [1.54, 1.807) is 0 Å². The second-order valence-electron chi connectivity index (χ2n) is 6.71. The van der Waals surface area contributed by atoms with Crippen LogP contribution in [0.1, 0.15) is 22.9 Å². The molecule has 1 fully saturated rings. The summed E-state index contributed by atoms with van der Waals surface area (Å²) in [5.74, 6) is 2.42. The predicted molar refractivity (Wildman–Crippen MR) is 103 cm³/mol. The standard InChI is InChI=1S/C18H20N6O.ClH/c19-15-14-17(22-23-18(14)24-5-7-25-8-6-24)21-16(20-15)13-9-11-3-1-2-4-12(11)10-13;/h1-4,13H,5-10H2,(H3,19,20,21,22,23);1H. The van der Waals surface area contributed by atoms with Crippen LogP contribution in [0.3, 0.4) is 0 Å². The molecule has 3 aromatic rings. The Kier molecular flexibility index (Phi) is 4.42. The quantitative estimate of drug-likeness (QED) is 0.715. The zero-order valence-electron chi connectivity index (χ0n) is 14.3. The van der Waals surface area contributed by atoms with Crippen molar-refractivity contribution in [3.05, 3.63) is 41.2 Å². The van der Waals surface area contributed by atoms with Crippen molar-refractivity contribution in [3.8, 4) is 0 Å². The van der Waals surface area contributed by atoms with Gasteiger partial charge in [-0.15, -0.1) is 12.4 Å². The highest BCUT2D eigenvalue weighted by atomic mass is 35.5. The molecule has 0 spiro atoms. The maximum absolute atomic E-state index is 6.31. The molecule has 3 heterocycles. The third kappa shape index (κ3) is 2.77. The monoisotopic (exact) mass is 372 g/mol. The van der Waals surface area contributed by atoms with Gasteiger partial charge in [-0.1, -0.05) is 24.3 Å². The first-order valence-corrected chi connectivity index (χ1v) is 8.70. The Morgan fingerprint density at radius 3 is 2.46 bits per heavy atom. The van der Waals surface area contributed by atoms with Gasteiger partial charge >= 0.3 is 0 Å². The number of nitrogen functional groups attached to an aromatic ring is 1. The number of nitrogens with two attached hydrogens (primary N) is 1. The minimum Gasteiger partial charge on any atom is -0.383 e. The Hall–Kier alpha value is -2.38. The van der Waals surface area contributed by atoms with Crippen LogP contribution < -0.4 is 10.6 Å². The molecular weight excluding hydrogens is 352 g/mol. The van der Waals surface area contributed by atoms with Gasteiger partial charge in [-0.25, -0.2) is 9.97 Å². The molecule has 0 saturated carbocycles. The van der Waals surface area contributed by atoms with E-state index in [0.29, 0.717) is 19.0 Å². The zero-order valence-corrected chi connectivity index (χ0v) is 15.1. The molecule has 3 N–H and O–H groups in total. The van der Waals surface area contributed by atoms with E-state index in [9.17, 15) is 0 Å². The Labute approximate surface area is 157 Å². The fourth-order valence-electron chi connectivity index (χ4n) is 3.89. The summed E-state index contributed by atoms with van der Waals surface area (Å²) < 4.78 is 5.42. The highest BCUT2D eigenvalue weighted by Gasteiger charge is 2.27. The maximum atomic E-state index is 6.31. The van der Waals surface area contributed by atoms with Gasteiger partial charge in [-0.3, -0.25) is 5.10 Å². The van der Waals surface area contributed by atoms with Gasteiger partial charge in [0.1, 0.15) is 17.0 Å². The topological polar surface area (TPSA) is 93.0 Å². The number of fused-ring (bicyclic) bond motifs is 2. The number of nitrogens with zero attached hydrogens (tertiary/aromatic N) is 4. The summed E-state index contributed by atoms with van der Waals surface area (Å²) in [5.41, 5.74) is 9.80. The lowest BCUT2D eigenvalue weighted by atomic mass is 10.1. The Balaban J connectivity index is 0.00000168. The van der Waals surface area contributed by atoms with Crippen LogP contribution in [0.2, 0.25) is 0 Å². The number of nitrogens with one attached hydrogen (secondary N) is 1. The van der Waals surface area contributed by atoms with Crippen LogP contribution in [0.25, 0.3) is 11.0 Å². The Bertz CT molecular complexity index is 912. The lowest BCUT2D eigenvalue weighted by molar-refractivity contribution is 0.122. The summed E-state index contributed by atoms with van der Waals surface area (Å²) >= 11 is 0. The second kappa shape index (κ2) is 6.74. The van der Waals surface area contributed by atoms with Crippen LogP contribution in [0.4, 0.5) is 11.6 Å². The third-order valence-corrected chi connectivity index (χ3v) is 5.17. The average molecular weight is 373 g/mol. The molecule has 2 aliphatic rings. The van der Waals surface area contributed by atoms with E-state index in [0.717, 1.165) is 48.6 Å². The number of ether oxygens (including phenoxy) is 1. The number of hydrogen-bond acceptors (Lipinski definition) is 6. The zero-order chi connectivity index (χ0) is 16.8. The fourth-order valence-corrected chi connectivity index (χ4v) is 3.89. The molecule has 26 heavy (non-hydrogen) atoms. The van der Waals surface area contributed by atoms with Crippen LogP contribution in [-0.4, -0.2) is 46.5 Å². The average Bonchev–Trinajstić information content (AvgIpc) is 3.26. The highest BCUT2D eigenvalue weighted by molar-refractivity contribution is 5.96. The third-order valence-electron chi connectivity index (χ3n) is 5.17. The summed E-state index contributed by atoms with van der Waals surface area (Å²) in [6.45, 7) is 3.01. The number of anilines is 2. The van der Waals surface area contributed by atoms with E-state index in [2.05, 4.69) is 44.3 Å². The molecular formula is C18H21ClN6O. The largest absolute Gasteiger partial charge is 0.383 e. The van der Waals surface area contributed by atoms with Gasteiger partial charge in [0.25, 0.3) is 0 Å².